The number of aromatic nitrogens is 1. The first-order valence-electron chi connectivity index (χ1n) is 11.6. The number of aryl methyl sites for hydroxylation is 1. The molecule has 0 spiro atoms. The molecule has 34 heavy (non-hydrogen) atoms. The number of methoxy groups -OCH3 is 1. The van der Waals surface area contributed by atoms with E-state index in [9.17, 15) is 13.2 Å². The lowest BCUT2D eigenvalue weighted by molar-refractivity contribution is -0.0457. The van der Waals surface area contributed by atoms with Crippen LogP contribution >= 0.6 is 0 Å². The van der Waals surface area contributed by atoms with Gasteiger partial charge in [0, 0.05) is 62.4 Å². The Hall–Kier alpha value is -2.40. The summed E-state index contributed by atoms with van der Waals surface area (Å²) in [5.41, 5.74) is 3.36. The predicted molar refractivity (Wildman–Crippen MR) is 130 cm³/mol. The normalized spacial score (nSPS) is 22.7. The van der Waals surface area contributed by atoms with Gasteiger partial charge >= 0.3 is 0 Å². The largest absolute Gasteiger partial charge is 0.497 e. The SMILES string of the molecule is COc1cccc(-n2c(C)cc(C(=O)N3CCN(S(=O)(=O)N4CC(C)OC(C)C4)CC3)c2C)c1. The predicted octanol–water partition coefficient (Wildman–Crippen LogP) is 2.21. The van der Waals surface area contributed by atoms with Crippen LogP contribution in [-0.2, 0) is 14.9 Å². The molecule has 3 heterocycles. The summed E-state index contributed by atoms with van der Waals surface area (Å²) in [6, 6.07) is 9.62. The number of amides is 1. The molecule has 2 unspecified atom stereocenters. The van der Waals surface area contributed by atoms with E-state index in [-0.39, 0.29) is 31.2 Å². The minimum Gasteiger partial charge on any atom is -0.497 e. The van der Waals surface area contributed by atoms with E-state index in [2.05, 4.69) is 0 Å². The molecule has 2 fully saturated rings. The molecule has 1 aromatic heterocycles. The quantitative estimate of drug-likeness (QED) is 0.642. The maximum Gasteiger partial charge on any atom is 0.282 e. The first-order chi connectivity index (χ1) is 16.1. The molecule has 1 aromatic carbocycles. The fraction of sp³-hybridized carbons (Fsp3) is 0.542. The molecule has 9 nitrogen and oxygen atoms in total. The van der Waals surface area contributed by atoms with Crippen LogP contribution in [0.4, 0.5) is 0 Å². The van der Waals surface area contributed by atoms with E-state index in [1.165, 1.54) is 8.61 Å². The Morgan fingerprint density at radius 1 is 1.00 bits per heavy atom. The summed E-state index contributed by atoms with van der Waals surface area (Å²) in [5, 5.41) is 0. The zero-order valence-electron chi connectivity index (χ0n) is 20.5. The standard InChI is InChI=1S/C24H34N4O5S/c1-17-13-23(20(4)28(17)21-7-6-8-22(14-21)32-5)24(29)25-9-11-26(12-10-25)34(30,31)27-15-18(2)33-19(3)16-27/h6-8,13-14,18-19H,9-12,15-16H2,1-5H3. The van der Waals surface area contributed by atoms with Crippen molar-refractivity contribution in [3.63, 3.8) is 0 Å². The van der Waals surface area contributed by atoms with Crippen LogP contribution in [0.25, 0.3) is 5.69 Å². The first kappa shape index (κ1) is 24.7. The van der Waals surface area contributed by atoms with Crippen molar-refractivity contribution in [1.82, 2.24) is 18.1 Å². The smallest absolute Gasteiger partial charge is 0.282 e. The van der Waals surface area contributed by atoms with E-state index in [4.69, 9.17) is 9.47 Å². The molecule has 10 heteroatoms. The first-order valence-corrected chi connectivity index (χ1v) is 13.0. The highest BCUT2D eigenvalue weighted by molar-refractivity contribution is 7.86. The van der Waals surface area contributed by atoms with Gasteiger partial charge in [0.2, 0.25) is 0 Å². The molecule has 0 saturated carbocycles. The summed E-state index contributed by atoms with van der Waals surface area (Å²) in [7, 11) is -1.96. The van der Waals surface area contributed by atoms with Crippen molar-refractivity contribution in [3.8, 4) is 11.4 Å². The van der Waals surface area contributed by atoms with E-state index >= 15 is 0 Å². The van der Waals surface area contributed by atoms with Crippen LogP contribution in [0, 0.1) is 13.8 Å². The monoisotopic (exact) mass is 490 g/mol. The van der Waals surface area contributed by atoms with Gasteiger partial charge in [-0.05, 0) is 45.9 Å². The summed E-state index contributed by atoms with van der Waals surface area (Å²) in [6.45, 7) is 9.65. The van der Waals surface area contributed by atoms with Gasteiger partial charge in [-0.3, -0.25) is 4.79 Å². The Morgan fingerprint density at radius 3 is 2.26 bits per heavy atom. The van der Waals surface area contributed by atoms with Gasteiger partial charge in [0.05, 0.1) is 24.9 Å². The molecule has 0 radical (unpaired) electrons. The Morgan fingerprint density at radius 2 is 1.65 bits per heavy atom. The van der Waals surface area contributed by atoms with Gasteiger partial charge in [0.1, 0.15) is 5.75 Å². The van der Waals surface area contributed by atoms with Gasteiger partial charge in [0.25, 0.3) is 16.1 Å². The number of carbonyl (C=O) groups excluding carboxylic acids is 1. The number of piperazine rings is 1. The van der Waals surface area contributed by atoms with E-state index in [1.807, 2.05) is 62.6 Å². The molecule has 0 bridgehead atoms. The van der Waals surface area contributed by atoms with Crippen LogP contribution in [0.15, 0.2) is 30.3 Å². The van der Waals surface area contributed by atoms with Crippen molar-refractivity contribution in [2.75, 3.05) is 46.4 Å². The second-order valence-electron chi connectivity index (χ2n) is 9.10. The number of morpholine rings is 1. The van der Waals surface area contributed by atoms with Gasteiger partial charge in [-0.15, -0.1) is 0 Å². The molecular formula is C24H34N4O5S. The molecule has 2 atom stereocenters. The third-order valence-electron chi connectivity index (χ3n) is 6.54. The molecule has 186 valence electrons. The van der Waals surface area contributed by atoms with Crippen molar-refractivity contribution in [3.05, 3.63) is 47.3 Å². The molecule has 1 amide bonds. The molecule has 0 aliphatic carbocycles. The molecular weight excluding hydrogens is 456 g/mol. The van der Waals surface area contributed by atoms with E-state index in [0.717, 1.165) is 22.8 Å². The van der Waals surface area contributed by atoms with Crippen molar-refractivity contribution in [2.24, 2.45) is 0 Å². The number of hydrogen-bond acceptors (Lipinski definition) is 5. The number of ether oxygens (including phenoxy) is 2. The summed E-state index contributed by atoms with van der Waals surface area (Å²) >= 11 is 0. The van der Waals surface area contributed by atoms with Gasteiger partial charge in [-0.25, -0.2) is 0 Å². The molecule has 2 aliphatic rings. The van der Waals surface area contributed by atoms with Gasteiger partial charge in [-0.2, -0.15) is 17.0 Å². The molecule has 2 aromatic rings. The van der Waals surface area contributed by atoms with Gasteiger partial charge in [-0.1, -0.05) is 6.07 Å². The second kappa shape index (κ2) is 9.69. The lowest BCUT2D eigenvalue weighted by atomic mass is 10.2. The van der Waals surface area contributed by atoms with Crippen LogP contribution in [0.5, 0.6) is 5.75 Å². The van der Waals surface area contributed by atoms with E-state index in [1.54, 1.807) is 12.0 Å². The summed E-state index contributed by atoms with van der Waals surface area (Å²) < 4.78 is 42.4. The Labute approximate surface area is 202 Å². The minimum absolute atomic E-state index is 0.0760. The Kier molecular flexibility index (Phi) is 7.04. The number of hydrogen-bond donors (Lipinski definition) is 0. The molecule has 0 N–H and O–H groups in total. The summed E-state index contributed by atoms with van der Waals surface area (Å²) in [5.74, 6) is 0.673. The van der Waals surface area contributed by atoms with Crippen molar-refractivity contribution in [1.29, 1.82) is 0 Å². The highest BCUT2D eigenvalue weighted by atomic mass is 32.2. The van der Waals surface area contributed by atoms with E-state index < -0.39 is 10.2 Å². The zero-order chi connectivity index (χ0) is 24.6. The second-order valence-corrected chi connectivity index (χ2v) is 11.0. The van der Waals surface area contributed by atoms with E-state index in [0.29, 0.717) is 31.7 Å². The third-order valence-corrected chi connectivity index (χ3v) is 8.51. The molecule has 2 aliphatic heterocycles. The number of carbonyl (C=O) groups is 1. The topological polar surface area (TPSA) is 84.3 Å². The third kappa shape index (κ3) is 4.72. The van der Waals surface area contributed by atoms with Crippen LogP contribution in [0.2, 0.25) is 0 Å². The van der Waals surface area contributed by atoms with Crippen molar-refractivity contribution in [2.45, 2.75) is 39.9 Å². The lowest BCUT2D eigenvalue weighted by Gasteiger charge is -2.40. The highest BCUT2D eigenvalue weighted by Gasteiger charge is 2.37. The number of nitrogens with zero attached hydrogens (tertiary/aromatic N) is 4. The fourth-order valence-electron chi connectivity index (χ4n) is 4.90. The number of benzene rings is 1. The average Bonchev–Trinajstić information content (AvgIpc) is 3.11. The lowest BCUT2D eigenvalue weighted by Crippen LogP contribution is -2.57. The van der Waals surface area contributed by atoms with Crippen LogP contribution in [0.1, 0.15) is 35.6 Å². The summed E-state index contributed by atoms with van der Waals surface area (Å²) in [6.07, 6.45) is -0.276. The fourth-order valence-corrected chi connectivity index (χ4v) is 6.65. The summed E-state index contributed by atoms with van der Waals surface area (Å²) in [4.78, 5) is 15.1. The van der Waals surface area contributed by atoms with Crippen LogP contribution in [-0.4, -0.2) is 91.0 Å². The maximum atomic E-state index is 13.4. The van der Waals surface area contributed by atoms with Gasteiger partial charge < -0.3 is 18.9 Å². The zero-order valence-corrected chi connectivity index (χ0v) is 21.3. The number of rotatable bonds is 5. The Bertz CT molecular complexity index is 1140. The maximum absolute atomic E-state index is 13.4. The van der Waals surface area contributed by atoms with Gasteiger partial charge in [0.15, 0.2) is 0 Å². The molecule has 4 rings (SSSR count). The van der Waals surface area contributed by atoms with Crippen LogP contribution < -0.4 is 4.74 Å². The molecule has 2 saturated heterocycles. The van der Waals surface area contributed by atoms with Crippen molar-refractivity contribution < 1.29 is 22.7 Å². The highest BCUT2D eigenvalue weighted by Crippen LogP contribution is 2.25. The Balaban J connectivity index is 1.47. The van der Waals surface area contributed by atoms with Crippen molar-refractivity contribution >= 4 is 16.1 Å². The minimum atomic E-state index is -3.59. The average molecular weight is 491 g/mol. The van der Waals surface area contributed by atoms with Crippen LogP contribution in [0.3, 0.4) is 0 Å².